The maximum atomic E-state index is 11.8. The average Bonchev–Trinajstić information content (AvgIpc) is 2.10. The van der Waals surface area contributed by atoms with E-state index in [1.54, 1.807) is 0 Å². The number of hydrogen-bond acceptors (Lipinski definition) is 3. The zero-order valence-electron chi connectivity index (χ0n) is 11.3. The summed E-state index contributed by atoms with van der Waals surface area (Å²) in [4.78, 5) is 11.8. The molecule has 0 aliphatic carbocycles. The van der Waals surface area contributed by atoms with Crippen molar-refractivity contribution in [3.63, 3.8) is 0 Å². The van der Waals surface area contributed by atoms with Gasteiger partial charge in [0, 0.05) is 6.42 Å². The van der Waals surface area contributed by atoms with Gasteiger partial charge >= 0.3 is 0 Å². The van der Waals surface area contributed by atoms with Gasteiger partial charge < -0.3 is 9.16 Å². The number of carbonyl (C=O) groups excluding carboxylic acids is 1. The van der Waals surface area contributed by atoms with E-state index in [2.05, 4.69) is 33.9 Å². The minimum Gasteiger partial charge on any atom is -0.404 e. The van der Waals surface area contributed by atoms with Crippen molar-refractivity contribution in [2.75, 3.05) is 6.61 Å². The number of ketones is 1. The van der Waals surface area contributed by atoms with Crippen LogP contribution >= 0.6 is 0 Å². The van der Waals surface area contributed by atoms with E-state index >= 15 is 0 Å². The second kappa shape index (κ2) is 4.59. The van der Waals surface area contributed by atoms with Gasteiger partial charge in [-0.15, -0.1) is 0 Å². The topological polar surface area (TPSA) is 35.5 Å². The van der Waals surface area contributed by atoms with Crippen LogP contribution in [0.15, 0.2) is 0 Å². The van der Waals surface area contributed by atoms with Crippen molar-refractivity contribution < 1.29 is 14.0 Å². The Hall–Kier alpha value is -0.193. The minimum absolute atomic E-state index is 0.102. The number of carbonyl (C=O) groups is 1. The Bertz CT molecular complexity index is 268. The van der Waals surface area contributed by atoms with Crippen molar-refractivity contribution in [2.45, 2.75) is 64.5 Å². The fourth-order valence-electron chi connectivity index (χ4n) is 1.49. The summed E-state index contributed by atoms with van der Waals surface area (Å²) in [5, 5.41) is 0.129. The largest absolute Gasteiger partial charge is 0.404 e. The highest BCUT2D eigenvalue weighted by Crippen LogP contribution is 2.38. The van der Waals surface area contributed by atoms with Gasteiger partial charge in [-0.3, -0.25) is 4.79 Å². The third kappa shape index (κ3) is 2.93. The van der Waals surface area contributed by atoms with Crippen molar-refractivity contribution in [3.8, 4) is 0 Å². The molecule has 3 nitrogen and oxygen atoms in total. The lowest BCUT2D eigenvalue weighted by Gasteiger charge is -2.41. The molecule has 0 aromatic rings. The second-order valence-corrected chi connectivity index (χ2v) is 10.8. The summed E-state index contributed by atoms with van der Waals surface area (Å²) in [6.07, 6.45) is 0.0360. The predicted molar refractivity (Wildman–Crippen MR) is 67.1 cm³/mol. The highest BCUT2D eigenvalue weighted by molar-refractivity contribution is 6.74. The summed E-state index contributed by atoms with van der Waals surface area (Å²) in [5.74, 6) is 0.198. The van der Waals surface area contributed by atoms with Crippen LogP contribution in [0, 0.1) is 0 Å². The van der Waals surface area contributed by atoms with E-state index in [-0.39, 0.29) is 23.0 Å². The Balaban J connectivity index is 2.75. The molecule has 1 aliphatic rings. The SMILES string of the molecule is CC1OCCC(=O)C1O[Si](C)(C)C(C)(C)C. The van der Waals surface area contributed by atoms with Gasteiger partial charge in [0.25, 0.3) is 0 Å². The Morgan fingerprint density at radius 2 is 1.94 bits per heavy atom. The monoisotopic (exact) mass is 244 g/mol. The van der Waals surface area contributed by atoms with Crippen molar-refractivity contribution in [1.29, 1.82) is 0 Å². The standard InChI is InChI=1S/C12H24O3Si/c1-9-11(10(13)7-8-14-9)15-16(5,6)12(2,3)4/h9,11H,7-8H2,1-6H3. The molecular formula is C12H24O3Si. The molecule has 1 rings (SSSR count). The Kier molecular flexibility index (Phi) is 3.98. The lowest BCUT2D eigenvalue weighted by Crippen LogP contribution is -2.51. The van der Waals surface area contributed by atoms with Crippen LogP contribution in [0.25, 0.3) is 0 Å². The third-order valence-corrected chi connectivity index (χ3v) is 8.16. The molecule has 94 valence electrons. The lowest BCUT2D eigenvalue weighted by atomic mass is 10.1. The maximum Gasteiger partial charge on any atom is 0.193 e. The van der Waals surface area contributed by atoms with Crippen LogP contribution in [-0.4, -0.2) is 32.9 Å². The molecule has 0 aromatic heterocycles. The average molecular weight is 244 g/mol. The molecule has 0 radical (unpaired) electrons. The van der Waals surface area contributed by atoms with E-state index in [1.807, 2.05) is 6.92 Å². The molecule has 1 fully saturated rings. The normalized spacial score (nSPS) is 28.2. The second-order valence-electron chi connectivity index (χ2n) is 6.09. The van der Waals surface area contributed by atoms with Gasteiger partial charge in [0.2, 0.25) is 0 Å². The molecule has 0 aromatic carbocycles. The molecule has 0 N–H and O–H groups in total. The van der Waals surface area contributed by atoms with E-state index in [4.69, 9.17) is 9.16 Å². The number of rotatable bonds is 2. The van der Waals surface area contributed by atoms with Gasteiger partial charge in [0.15, 0.2) is 14.1 Å². The Morgan fingerprint density at radius 1 is 1.38 bits per heavy atom. The molecule has 0 saturated carbocycles. The Labute approximate surface area is 99.6 Å². The van der Waals surface area contributed by atoms with E-state index in [9.17, 15) is 4.79 Å². The molecule has 1 heterocycles. The van der Waals surface area contributed by atoms with E-state index in [0.29, 0.717) is 13.0 Å². The van der Waals surface area contributed by atoms with Crippen LogP contribution in [0.3, 0.4) is 0 Å². The van der Waals surface area contributed by atoms with Gasteiger partial charge in [0.05, 0.1) is 12.7 Å². The molecule has 2 unspecified atom stereocenters. The van der Waals surface area contributed by atoms with Gasteiger partial charge in [-0.2, -0.15) is 0 Å². The van der Waals surface area contributed by atoms with Crippen LogP contribution in [0.4, 0.5) is 0 Å². The summed E-state index contributed by atoms with van der Waals surface area (Å²) in [6, 6.07) is 0. The van der Waals surface area contributed by atoms with Crippen LogP contribution in [-0.2, 0) is 14.0 Å². The van der Waals surface area contributed by atoms with Crippen molar-refractivity contribution in [3.05, 3.63) is 0 Å². The summed E-state index contributed by atoms with van der Waals surface area (Å²) in [7, 11) is -1.88. The highest BCUT2D eigenvalue weighted by Gasteiger charge is 2.43. The van der Waals surface area contributed by atoms with E-state index < -0.39 is 8.32 Å². The summed E-state index contributed by atoms with van der Waals surface area (Å²) in [6.45, 7) is 13.3. The molecule has 0 bridgehead atoms. The molecule has 0 amide bonds. The van der Waals surface area contributed by atoms with Crippen LogP contribution in [0.5, 0.6) is 0 Å². The van der Waals surface area contributed by atoms with Crippen molar-refractivity contribution in [1.82, 2.24) is 0 Å². The predicted octanol–water partition coefficient (Wildman–Crippen LogP) is 2.75. The summed E-state index contributed by atoms with van der Waals surface area (Å²) >= 11 is 0. The number of ether oxygens (including phenoxy) is 1. The zero-order valence-corrected chi connectivity index (χ0v) is 12.3. The first-order valence-corrected chi connectivity index (χ1v) is 8.88. The smallest absolute Gasteiger partial charge is 0.193 e. The maximum absolute atomic E-state index is 11.8. The molecule has 1 saturated heterocycles. The molecule has 16 heavy (non-hydrogen) atoms. The van der Waals surface area contributed by atoms with Crippen molar-refractivity contribution >= 4 is 14.1 Å². The minimum atomic E-state index is -1.88. The molecular weight excluding hydrogens is 220 g/mol. The molecule has 4 heteroatoms. The zero-order chi connectivity index (χ0) is 12.6. The van der Waals surface area contributed by atoms with Crippen molar-refractivity contribution in [2.24, 2.45) is 0 Å². The van der Waals surface area contributed by atoms with Gasteiger partial charge in [-0.25, -0.2) is 0 Å². The van der Waals surface area contributed by atoms with Crippen LogP contribution in [0.2, 0.25) is 18.1 Å². The number of hydrogen-bond donors (Lipinski definition) is 0. The summed E-state index contributed by atoms with van der Waals surface area (Å²) < 4.78 is 11.6. The first-order chi connectivity index (χ1) is 7.15. The fourth-order valence-corrected chi connectivity index (χ4v) is 2.80. The Morgan fingerprint density at radius 3 is 2.38 bits per heavy atom. The van der Waals surface area contributed by atoms with Gasteiger partial charge in [-0.05, 0) is 25.1 Å². The molecule has 0 spiro atoms. The quantitative estimate of drug-likeness (QED) is 0.701. The number of Topliss-reactive ketones (excluding diaryl/α,β-unsaturated/α-hetero) is 1. The van der Waals surface area contributed by atoms with E-state index in [0.717, 1.165) is 0 Å². The lowest BCUT2D eigenvalue weighted by molar-refractivity contribution is -0.143. The first-order valence-electron chi connectivity index (χ1n) is 5.97. The van der Waals surface area contributed by atoms with Gasteiger partial charge in [-0.1, -0.05) is 20.8 Å². The van der Waals surface area contributed by atoms with Gasteiger partial charge in [0.1, 0.15) is 6.10 Å². The van der Waals surface area contributed by atoms with Crippen LogP contribution in [0.1, 0.15) is 34.1 Å². The highest BCUT2D eigenvalue weighted by atomic mass is 28.4. The van der Waals surface area contributed by atoms with Crippen LogP contribution < -0.4 is 0 Å². The molecule has 1 aliphatic heterocycles. The molecule has 2 atom stereocenters. The van der Waals surface area contributed by atoms with E-state index in [1.165, 1.54) is 0 Å². The fraction of sp³-hybridized carbons (Fsp3) is 0.917. The third-order valence-electron chi connectivity index (χ3n) is 3.70. The first kappa shape index (κ1) is 13.9. The summed E-state index contributed by atoms with van der Waals surface area (Å²) in [5.41, 5.74) is 0.